The second-order valence-corrected chi connectivity index (χ2v) is 7.96. The van der Waals surface area contributed by atoms with Gasteiger partial charge in [-0.15, -0.1) is 12.4 Å². The molecule has 0 aliphatic rings. The minimum atomic E-state index is 0. The molecule has 0 amide bonds. The van der Waals surface area contributed by atoms with Gasteiger partial charge in [-0.1, -0.05) is 80.1 Å². The predicted octanol–water partition coefficient (Wildman–Crippen LogP) is 3.39. The molecule has 0 radical (unpaired) electrons. The first-order valence-electron chi connectivity index (χ1n) is 12.3. The Hall–Kier alpha value is 0.500. The van der Waals surface area contributed by atoms with E-state index in [0.29, 0.717) is 0 Å². The Labute approximate surface area is 192 Å². The van der Waals surface area contributed by atoms with Crippen molar-refractivity contribution < 1.29 is 17.3 Å². The van der Waals surface area contributed by atoms with Crippen LogP contribution in [-0.4, -0.2) is 44.2 Å². The van der Waals surface area contributed by atoms with E-state index in [1.807, 2.05) is 4.90 Å². The summed E-state index contributed by atoms with van der Waals surface area (Å²) in [6.07, 6.45) is 16.4. The molecule has 0 saturated heterocycles. The number of nitrogens with zero attached hydrogens (tertiary/aromatic N) is 1. The second kappa shape index (κ2) is 32.2. The van der Waals surface area contributed by atoms with Crippen LogP contribution >= 0.6 is 12.4 Å². The molecule has 0 rings (SSSR count). The van der Waals surface area contributed by atoms with E-state index < -0.39 is 0 Å². The molecular weight excluding hydrogens is 387 g/mol. The van der Waals surface area contributed by atoms with E-state index >= 15 is 0 Å². The van der Waals surface area contributed by atoms with E-state index in [9.17, 15) is 0 Å². The summed E-state index contributed by atoms with van der Waals surface area (Å²) in [4.78, 5) is 4.47. The molecule has 0 atom stereocenters. The van der Waals surface area contributed by atoms with Gasteiger partial charge in [-0.3, -0.25) is 0 Å². The maximum absolute atomic E-state index is 2.64. The lowest BCUT2D eigenvalue weighted by Crippen LogP contribution is -3.12. The summed E-state index contributed by atoms with van der Waals surface area (Å²) >= 11 is 0. The SMILES string of the molecule is CCCCN(CCCC)CCCC.CCCC[NH+](CCCC)CCCC.Cl.[Cl-]. The Morgan fingerprint density at radius 3 is 0.929 bits per heavy atom. The fraction of sp³-hybridized carbons (Fsp3) is 1.00. The molecule has 0 aromatic carbocycles. The van der Waals surface area contributed by atoms with Gasteiger partial charge >= 0.3 is 0 Å². The Balaban J connectivity index is -0.000000192. The summed E-state index contributed by atoms with van der Waals surface area (Å²) in [6.45, 7) is 21.8. The van der Waals surface area contributed by atoms with E-state index in [1.54, 1.807) is 0 Å². The van der Waals surface area contributed by atoms with E-state index in [2.05, 4.69) is 46.4 Å². The molecule has 1 N–H and O–H groups in total. The summed E-state index contributed by atoms with van der Waals surface area (Å²) in [7, 11) is 0. The third kappa shape index (κ3) is 28.7. The van der Waals surface area contributed by atoms with Crippen LogP contribution in [0.25, 0.3) is 0 Å². The van der Waals surface area contributed by atoms with Gasteiger partial charge in [0, 0.05) is 0 Å². The maximum atomic E-state index is 2.64. The first-order valence-corrected chi connectivity index (χ1v) is 12.3. The molecule has 0 bridgehead atoms. The molecule has 0 spiro atoms. The number of nitrogens with one attached hydrogen (secondary N) is 1. The van der Waals surface area contributed by atoms with Crippen LogP contribution < -0.4 is 17.3 Å². The highest BCUT2D eigenvalue weighted by Gasteiger charge is 2.05. The van der Waals surface area contributed by atoms with Crippen LogP contribution in [0.3, 0.4) is 0 Å². The molecule has 0 aliphatic carbocycles. The minimum absolute atomic E-state index is 0. The number of unbranched alkanes of at least 4 members (excludes halogenated alkanes) is 6. The molecule has 0 unspecified atom stereocenters. The number of quaternary nitrogens is 1. The molecule has 0 fully saturated rings. The molecule has 0 heterocycles. The predicted molar refractivity (Wildman–Crippen MR) is 129 cm³/mol. The quantitative estimate of drug-likeness (QED) is 0.341. The van der Waals surface area contributed by atoms with Crippen molar-refractivity contribution in [1.29, 1.82) is 0 Å². The summed E-state index contributed by atoms with van der Waals surface area (Å²) < 4.78 is 0. The Bertz CT molecular complexity index is 179. The highest BCUT2D eigenvalue weighted by Crippen LogP contribution is 2.01. The first-order chi connectivity index (χ1) is 12.7. The highest BCUT2D eigenvalue weighted by atomic mass is 35.5. The summed E-state index contributed by atoms with van der Waals surface area (Å²) in [5, 5.41) is 0. The minimum Gasteiger partial charge on any atom is -1.00 e. The molecule has 0 aromatic rings. The summed E-state index contributed by atoms with van der Waals surface area (Å²) in [5.41, 5.74) is 0. The summed E-state index contributed by atoms with van der Waals surface area (Å²) in [5.74, 6) is 0. The second-order valence-electron chi connectivity index (χ2n) is 7.96. The highest BCUT2D eigenvalue weighted by molar-refractivity contribution is 5.85. The van der Waals surface area contributed by atoms with Gasteiger partial charge in [0.25, 0.3) is 0 Å². The van der Waals surface area contributed by atoms with Gasteiger partial charge in [0.2, 0.25) is 0 Å². The molecular formula is C24H56Cl2N2. The zero-order chi connectivity index (χ0) is 19.9. The molecule has 4 heteroatoms. The van der Waals surface area contributed by atoms with E-state index in [0.717, 1.165) is 0 Å². The van der Waals surface area contributed by atoms with Crippen LogP contribution in [0.4, 0.5) is 0 Å². The fourth-order valence-corrected chi connectivity index (χ4v) is 3.14. The molecule has 0 saturated carbocycles. The monoisotopic (exact) mass is 442 g/mol. The zero-order valence-electron chi connectivity index (χ0n) is 20.5. The molecule has 0 aromatic heterocycles. The van der Waals surface area contributed by atoms with Crippen LogP contribution in [0.5, 0.6) is 0 Å². The van der Waals surface area contributed by atoms with Crippen LogP contribution in [0.15, 0.2) is 0 Å². The largest absolute Gasteiger partial charge is 1.00 e. The average molecular weight is 444 g/mol. The first kappa shape index (κ1) is 35.9. The number of rotatable bonds is 18. The standard InChI is InChI=1S/2C12H27N.2ClH/c2*1-4-7-10-13(11-8-5-2)12-9-6-3;;/h2*4-12H2,1-3H3;2*1H. The lowest BCUT2D eigenvalue weighted by molar-refractivity contribution is -0.900. The maximum Gasteiger partial charge on any atom is 0.0770 e. The van der Waals surface area contributed by atoms with Crippen molar-refractivity contribution in [1.82, 2.24) is 4.90 Å². The molecule has 28 heavy (non-hydrogen) atoms. The van der Waals surface area contributed by atoms with Gasteiger partial charge in [0.1, 0.15) is 0 Å². The van der Waals surface area contributed by atoms with Gasteiger partial charge < -0.3 is 22.2 Å². The van der Waals surface area contributed by atoms with Gasteiger partial charge in [-0.2, -0.15) is 0 Å². The number of hydrogen-bond donors (Lipinski definition) is 1. The molecule has 0 aliphatic heterocycles. The summed E-state index contributed by atoms with van der Waals surface area (Å²) in [6, 6.07) is 0. The van der Waals surface area contributed by atoms with Crippen molar-refractivity contribution in [3.8, 4) is 0 Å². The van der Waals surface area contributed by atoms with Crippen molar-refractivity contribution in [3.05, 3.63) is 0 Å². The van der Waals surface area contributed by atoms with E-state index in [-0.39, 0.29) is 24.8 Å². The van der Waals surface area contributed by atoms with E-state index in [4.69, 9.17) is 0 Å². The lowest BCUT2D eigenvalue weighted by atomic mass is 10.2. The smallest absolute Gasteiger partial charge is 0.0770 e. The Morgan fingerprint density at radius 2 is 0.714 bits per heavy atom. The van der Waals surface area contributed by atoms with Gasteiger partial charge in [0.05, 0.1) is 19.6 Å². The third-order valence-corrected chi connectivity index (χ3v) is 5.14. The fourth-order valence-electron chi connectivity index (χ4n) is 3.14. The third-order valence-electron chi connectivity index (χ3n) is 5.14. The van der Waals surface area contributed by atoms with Gasteiger partial charge in [-0.25, -0.2) is 0 Å². The van der Waals surface area contributed by atoms with Gasteiger partial charge in [0.15, 0.2) is 0 Å². The number of halogens is 2. The van der Waals surface area contributed by atoms with Crippen LogP contribution in [0.1, 0.15) is 119 Å². The van der Waals surface area contributed by atoms with Crippen LogP contribution in [0, 0.1) is 0 Å². The zero-order valence-corrected chi connectivity index (χ0v) is 22.0. The van der Waals surface area contributed by atoms with Crippen molar-refractivity contribution >= 4 is 12.4 Å². The van der Waals surface area contributed by atoms with Crippen molar-refractivity contribution in [2.75, 3.05) is 39.3 Å². The van der Waals surface area contributed by atoms with Crippen LogP contribution in [-0.2, 0) is 0 Å². The van der Waals surface area contributed by atoms with Crippen molar-refractivity contribution in [3.63, 3.8) is 0 Å². The van der Waals surface area contributed by atoms with Crippen molar-refractivity contribution in [2.45, 2.75) is 119 Å². The normalized spacial score (nSPS) is 10.3. The topological polar surface area (TPSA) is 7.68 Å². The van der Waals surface area contributed by atoms with Crippen LogP contribution in [0.2, 0.25) is 0 Å². The van der Waals surface area contributed by atoms with E-state index in [1.165, 1.54) is 116 Å². The average Bonchev–Trinajstić information content (AvgIpc) is 2.67. The van der Waals surface area contributed by atoms with Gasteiger partial charge in [-0.05, 0) is 58.2 Å². The Morgan fingerprint density at radius 1 is 0.464 bits per heavy atom. The number of hydrogen-bond acceptors (Lipinski definition) is 1. The van der Waals surface area contributed by atoms with Crippen molar-refractivity contribution in [2.24, 2.45) is 0 Å². The molecule has 176 valence electrons. The Kier molecular flexibility index (Phi) is 41.3. The lowest BCUT2D eigenvalue weighted by Gasteiger charge is -2.21. The molecule has 2 nitrogen and oxygen atoms in total.